The first-order valence-corrected chi connectivity index (χ1v) is 6.36. The summed E-state index contributed by atoms with van der Waals surface area (Å²) in [5, 5.41) is 3.54. The second-order valence-corrected chi connectivity index (χ2v) is 6.14. The van der Waals surface area contributed by atoms with Gasteiger partial charge in [-0.25, -0.2) is 0 Å². The molecule has 0 radical (unpaired) electrons. The Morgan fingerprint density at radius 2 is 1.82 bits per heavy atom. The van der Waals surface area contributed by atoms with Gasteiger partial charge < -0.3 is 10.1 Å². The molecule has 0 amide bonds. The number of hydrogen-bond donors (Lipinski definition) is 1. The zero-order valence-electron chi connectivity index (χ0n) is 11.3. The minimum absolute atomic E-state index is 0.0331. The van der Waals surface area contributed by atoms with E-state index in [9.17, 15) is 0 Å². The summed E-state index contributed by atoms with van der Waals surface area (Å²) in [5.41, 5.74) is 2.87. The number of ether oxygens (including phenoxy) is 1. The fourth-order valence-corrected chi connectivity index (χ4v) is 2.25. The maximum Gasteiger partial charge on any atom is 0.0688 e. The van der Waals surface area contributed by atoms with E-state index in [0.717, 1.165) is 19.8 Å². The average Bonchev–Trinajstić information content (AvgIpc) is 2.29. The maximum atomic E-state index is 5.57. The minimum Gasteiger partial charge on any atom is -0.378 e. The smallest absolute Gasteiger partial charge is 0.0688 e. The lowest BCUT2D eigenvalue weighted by atomic mass is 9.84. The molecule has 0 spiro atoms. The van der Waals surface area contributed by atoms with Crippen molar-refractivity contribution in [1.29, 1.82) is 0 Å². The van der Waals surface area contributed by atoms with E-state index in [1.54, 1.807) is 0 Å². The average molecular weight is 233 g/mol. The maximum absolute atomic E-state index is 5.57. The minimum atomic E-state index is -0.0331. The van der Waals surface area contributed by atoms with Crippen molar-refractivity contribution >= 4 is 0 Å². The second-order valence-electron chi connectivity index (χ2n) is 6.14. The Hall–Kier alpha value is -0.860. The Morgan fingerprint density at radius 3 is 2.29 bits per heavy atom. The number of morpholine rings is 1. The Labute approximate surface area is 104 Å². The van der Waals surface area contributed by atoms with Gasteiger partial charge in [-0.1, -0.05) is 45.0 Å². The third-order valence-electron chi connectivity index (χ3n) is 3.54. The zero-order valence-corrected chi connectivity index (χ0v) is 11.3. The predicted molar refractivity (Wildman–Crippen MR) is 71.3 cm³/mol. The highest BCUT2D eigenvalue weighted by atomic mass is 16.5. The lowest BCUT2D eigenvalue weighted by Crippen LogP contribution is -2.49. The molecule has 1 unspecified atom stereocenters. The van der Waals surface area contributed by atoms with Crippen molar-refractivity contribution < 1.29 is 4.74 Å². The van der Waals surface area contributed by atoms with E-state index in [4.69, 9.17) is 4.74 Å². The van der Waals surface area contributed by atoms with Gasteiger partial charge in [-0.15, -0.1) is 0 Å². The van der Waals surface area contributed by atoms with Crippen LogP contribution in [0.1, 0.15) is 38.8 Å². The molecule has 1 N–H and O–H groups in total. The Kier molecular flexibility index (Phi) is 3.28. The van der Waals surface area contributed by atoms with Crippen LogP contribution in [0.4, 0.5) is 0 Å². The first-order chi connectivity index (χ1) is 7.92. The summed E-state index contributed by atoms with van der Waals surface area (Å²) in [6.45, 7) is 11.4. The fraction of sp³-hybridized carbons (Fsp3) is 0.600. The summed E-state index contributed by atoms with van der Waals surface area (Å²) in [6.07, 6.45) is 0. The number of rotatable bonds is 1. The second kappa shape index (κ2) is 4.43. The first-order valence-electron chi connectivity index (χ1n) is 6.36. The van der Waals surface area contributed by atoms with Crippen molar-refractivity contribution in [1.82, 2.24) is 5.32 Å². The fourth-order valence-electron chi connectivity index (χ4n) is 2.25. The number of hydrogen-bond acceptors (Lipinski definition) is 2. The molecule has 1 aromatic carbocycles. The first kappa shape index (κ1) is 12.6. The molecule has 0 aromatic heterocycles. The molecule has 2 heteroatoms. The van der Waals surface area contributed by atoms with E-state index in [0.29, 0.717) is 0 Å². The lowest BCUT2D eigenvalue weighted by Gasteiger charge is -2.35. The Bertz CT molecular complexity index is 369. The van der Waals surface area contributed by atoms with Crippen molar-refractivity contribution in [2.24, 2.45) is 0 Å². The lowest BCUT2D eigenvalue weighted by molar-refractivity contribution is 0.0339. The summed E-state index contributed by atoms with van der Waals surface area (Å²) in [7, 11) is 0. The molecule has 1 saturated heterocycles. The molecule has 0 aliphatic carbocycles. The van der Waals surface area contributed by atoms with Crippen LogP contribution in [0.15, 0.2) is 24.3 Å². The predicted octanol–water partition coefficient (Wildman–Crippen LogP) is 2.82. The molecule has 1 aliphatic rings. The van der Waals surface area contributed by atoms with E-state index in [-0.39, 0.29) is 11.0 Å². The van der Waals surface area contributed by atoms with Crippen molar-refractivity contribution in [3.05, 3.63) is 35.4 Å². The van der Waals surface area contributed by atoms with Gasteiger partial charge in [-0.2, -0.15) is 0 Å². The van der Waals surface area contributed by atoms with Crippen LogP contribution in [-0.4, -0.2) is 19.8 Å². The standard InChI is InChI=1S/C15H23NO/c1-14(2,3)12-5-7-13(8-6-12)15(4)11-17-10-9-16-15/h5-8,16H,9-11H2,1-4H3. The summed E-state index contributed by atoms with van der Waals surface area (Å²) < 4.78 is 5.57. The Balaban J connectivity index is 2.23. The molecule has 0 saturated carbocycles. The molecule has 1 heterocycles. The zero-order chi connectivity index (χ0) is 12.5. The van der Waals surface area contributed by atoms with Crippen LogP contribution in [0.25, 0.3) is 0 Å². The van der Waals surface area contributed by atoms with Gasteiger partial charge in [-0.05, 0) is 23.5 Å². The molecule has 1 aliphatic heterocycles. The monoisotopic (exact) mass is 233 g/mol. The highest BCUT2D eigenvalue weighted by Gasteiger charge is 2.29. The molecule has 1 aromatic rings. The van der Waals surface area contributed by atoms with Crippen molar-refractivity contribution in [2.75, 3.05) is 19.8 Å². The van der Waals surface area contributed by atoms with Gasteiger partial charge in [0.25, 0.3) is 0 Å². The highest BCUT2D eigenvalue weighted by Crippen LogP contribution is 2.27. The van der Waals surface area contributed by atoms with Gasteiger partial charge in [0, 0.05) is 6.54 Å². The number of nitrogens with one attached hydrogen (secondary N) is 1. The molecule has 17 heavy (non-hydrogen) atoms. The SMILES string of the molecule is CC(C)(C)c1ccc(C2(C)COCCN2)cc1. The van der Waals surface area contributed by atoms with Gasteiger partial charge in [-0.3, -0.25) is 0 Å². The molecule has 94 valence electrons. The van der Waals surface area contributed by atoms with Crippen molar-refractivity contribution in [3.63, 3.8) is 0 Å². The summed E-state index contributed by atoms with van der Waals surface area (Å²) in [4.78, 5) is 0. The van der Waals surface area contributed by atoms with Gasteiger partial charge in [0.05, 0.1) is 18.8 Å². The van der Waals surface area contributed by atoms with Crippen LogP contribution in [0, 0.1) is 0 Å². The summed E-state index contributed by atoms with van der Waals surface area (Å²) >= 11 is 0. The van der Waals surface area contributed by atoms with E-state index in [2.05, 4.69) is 57.3 Å². The third-order valence-corrected chi connectivity index (χ3v) is 3.54. The van der Waals surface area contributed by atoms with E-state index < -0.39 is 0 Å². The van der Waals surface area contributed by atoms with E-state index in [1.807, 2.05) is 0 Å². The quantitative estimate of drug-likeness (QED) is 0.805. The normalized spacial score (nSPS) is 25.9. The number of benzene rings is 1. The van der Waals surface area contributed by atoms with E-state index in [1.165, 1.54) is 11.1 Å². The Morgan fingerprint density at radius 1 is 1.18 bits per heavy atom. The molecule has 0 bridgehead atoms. The molecular weight excluding hydrogens is 210 g/mol. The van der Waals surface area contributed by atoms with Crippen LogP contribution >= 0.6 is 0 Å². The molecular formula is C15H23NO. The summed E-state index contributed by atoms with van der Waals surface area (Å²) in [5.74, 6) is 0. The molecule has 1 fully saturated rings. The topological polar surface area (TPSA) is 21.3 Å². The molecule has 2 rings (SSSR count). The van der Waals surface area contributed by atoms with Gasteiger partial charge in [0.15, 0.2) is 0 Å². The van der Waals surface area contributed by atoms with Crippen LogP contribution in [-0.2, 0) is 15.7 Å². The van der Waals surface area contributed by atoms with Gasteiger partial charge >= 0.3 is 0 Å². The highest BCUT2D eigenvalue weighted by molar-refractivity contribution is 5.31. The van der Waals surface area contributed by atoms with Gasteiger partial charge in [0.2, 0.25) is 0 Å². The summed E-state index contributed by atoms with van der Waals surface area (Å²) in [6, 6.07) is 8.91. The van der Waals surface area contributed by atoms with Crippen molar-refractivity contribution in [3.8, 4) is 0 Å². The molecule has 2 nitrogen and oxygen atoms in total. The largest absolute Gasteiger partial charge is 0.378 e. The molecule has 1 atom stereocenters. The third kappa shape index (κ3) is 2.70. The van der Waals surface area contributed by atoms with Crippen LogP contribution in [0.5, 0.6) is 0 Å². The van der Waals surface area contributed by atoms with Crippen LogP contribution < -0.4 is 5.32 Å². The van der Waals surface area contributed by atoms with Gasteiger partial charge in [0.1, 0.15) is 0 Å². The van der Waals surface area contributed by atoms with Crippen molar-refractivity contribution in [2.45, 2.75) is 38.6 Å². The van der Waals surface area contributed by atoms with Crippen LogP contribution in [0.2, 0.25) is 0 Å². The van der Waals surface area contributed by atoms with Crippen LogP contribution in [0.3, 0.4) is 0 Å². The van der Waals surface area contributed by atoms with E-state index >= 15 is 0 Å².